The van der Waals surface area contributed by atoms with Gasteiger partial charge in [-0.2, -0.15) is 5.10 Å². The topological polar surface area (TPSA) is 38.1 Å². The second-order valence-corrected chi connectivity index (χ2v) is 6.02. The lowest BCUT2D eigenvalue weighted by Gasteiger charge is -2.24. The Morgan fingerprint density at radius 2 is 1.88 bits per heavy atom. The van der Waals surface area contributed by atoms with Crippen LogP contribution in [0.4, 0.5) is 4.39 Å². The zero-order valence-corrected chi connectivity index (χ0v) is 14.7. The first-order chi connectivity index (χ1) is 12.6. The zero-order chi connectivity index (χ0) is 18.5. The predicted octanol–water partition coefficient (Wildman–Crippen LogP) is 4.24. The molecule has 0 saturated carbocycles. The van der Waals surface area contributed by atoms with Crippen molar-refractivity contribution in [2.75, 3.05) is 7.05 Å². The number of hydrogen-bond donors (Lipinski definition) is 0. The Hall–Kier alpha value is -3.21. The summed E-state index contributed by atoms with van der Waals surface area (Å²) in [5.74, 6) is -0.415. The third kappa shape index (κ3) is 3.88. The quantitative estimate of drug-likeness (QED) is 0.646. The normalized spacial score (nSPS) is 12.3. The highest BCUT2D eigenvalue weighted by Gasteiger charge is 2.15. The highest BCUT2D eigenvalue weighted by atomic mass is 19.1. The van der Waals surface area contributed by atoms with E-state index >= 15 is 0 Å². The van der Waals surface area contributed by atoms with E-state index in [0.29, 0.717) is 0 Å². The fourth-order valence-corrected chi connectivity index (χ4v) is 2.68. The van der Waals surface area contributed by atoms with Gasteiger partial charge in [0.2, 0.25) is 5.91 Å². The van der Waals surface area contributed by atoms with Crippen LogP contribution >= 0.6 is 0 Å². The van der Waals surface area contributed by atoms with Crippen LogP contribution in [0.15, 0.2) is 73.1 Å². The fraction of sp³-hybridized carbons (Fsp3) is 0.143. The maximum atomic E-state index is 13.1. The summed E-state index contributed by atoms with van der Waals surface area (Å²) >= 11 is 0. The lowest BCUT2D eigenvalue weighted by molar-refractivity contribution is -0.126. The van der Waals surface area contributed by atoms with E-state index in [1.807, 2.05) is 43.5 Å². The standard InChI is InChI=1S/C21H20FN3O/c1-16(17-8-11-19(22)12-9-17)24(2)21(26)13-10-18-6-3-4-7-20(18)25-15-5-14-23-25/h3-16H,1-2H3. The zero-order valence-electron chi connectivity index (χ0n) is 14.7. The molecule has 0 radical (unpaired) electrons. The maximum Gasteiger partial charge on any atom is 0.246 e. The average Bonchev–Trinajstić information content (AvgIpc) is 3.20. The Balaban J connectivity index is 1.76. The number of rotatable bonds is 5. The summed E-state index contributed by atoms with van der Waals surface area (Å²) in [5, 5.41) is 4.24. The molecule has 1 unspecified atom stereocenters. The maximum absolute atomic E-state index is 13.1. The Morgan fingerprint density at radius 3 is 2.58 bits per heavy atom. The van der Waals surface area contributed by atoms with Gasteiger partial charge in [0.15, 0.2) is 0 Å². The third-order valence-electron chi connectivity index (χ3n) is 4.37. The minimum atomic E-state index is -0.287. The number of halogens is 1. The van der Waals surface area contributed by atoms with Crippen molar-refractivity contribution in [1.29, 1.82) is 0 Å². The molecule has 0 spiro atoms. The second kappa shape index (κ2) is 7.78. The van der Waals surface area contributed by atoms with E-state index in [1.54, 1.807) is 47.1 Å². The van der Waals surface area contributed by atoms with Crippen molar-refractivity contribution in [2.24, 2.45) is 0 Å². The van der Waals surface area contributed by atoms with Gasteiger partial charge < -0.3 is 4.90 Å². The second-order valence-electron chi connectivity index (χ2n) is 6.02. The van der Waals surface area contributed by atoms with Crippen molar-refractivity contribution in [3.05, 3.63) is 90.0 Å². The molecule has 1 aromatic heterocycles. The Morgan fingerprint density at radius 1 is 1.15 bits per heavy atom. The monoisotopic (exact) mass is 349 g/mol. The minimum Gasteiger partial charge on any atom is -0.335 e. The molecule has 0 bridgehead atoms. The first-order valence-corrected chi connectivity index (χ1v) is 8.35. The van der Waals surface area contributed by atoms with E-state index in [2.05, 4.69) is 5.10 Å². The molecule has 0 N–H and O–H groups in total. The van der Waals surface area contributed by atoms with Gasteiger partial charge in [-0.25, -0.2) is 9.07 Å². The number of likely N-dealkylation sites (N-methyl/N-ethyl adjacent to an activating group) is 1. The molecule has 0 aliphatic heterocycles. The van der Waals surface area contributed by atoms with Crippen LogP contribution < -0.4 is 0 Å². The summed E-state index contributed by atoms with van der Waals surface area (Å²) < 4.78 is 14.8. The Kier molecular flexibility index (Phi) is 5.27. The molecule has 3 aromatic rings. The van der Waals surface area contributed by atoms with Crippen LogP contribution in [0.1, 0.15) is 24.1 Å². The van der Waals surface area contributed by atoms with Gasteiger partial charge in [0.1, 0.15) is 5.82 Å². The highest BCUT2D eigenvalue weighted by Crippen LogP contribution is 2.20. The fourth-order valence-electron chi connectivity index (χ4n) is 2.68. The van der Waals surface area contributed by atoms with Crippen LogP contribution in [0.25, 0.3) is 11.8 Å². The smallest absolute Gasteiger partial charge is 0.246 e. The number of benzene rings is 2. The molecule has 26 heavy (non-hydrogen) atoms. The molecule has 0 aliphatic rings. The van der Waals surface area contributed by atoms with Crippen LogP contribution in [-0.2, 0) is 4.79 Å². The molecular weight excluding hydrogens is 329 g/mol. The van der Waals surface area contributed by atoms with Crippen LogP contribution in [0.2, 0.25) is 0 Å². The van der Waals surface area contributed by atoms with E-state index in [0.717, 1.165) is 16.8 Å². The number of carbonyl (C=O) groups excluding carboxylic acids is 1. The van der Waals surface area contributed by atoms with E-state index in [4.69, 9.17) is 0 Å². The number of carbonyl (C=O) groups is 1. The van der Waals surface area contributed by atoms with Gasteiger partial charge >= 0.3 is 0 Å². The van der Waals surface area contributed by atoms with Crippen molar-refractivity contribution < 1.29 is 9.18 Å². The van der Waals surface area contributed by atoms with Crippen LogP contribution in [-0.4, -0.2) is 27.6 Å². The Bertz CT molecular complexity index is 901. The lowest BCUT2D eigenvalue weighted by atomic mass is 10.1. The van der Waals surface area contributed by atoms with Crippen LogP contribution in [0, 0.1) is 5.82 Å². The molecule has 1 heterocycles. The minimum absolute atomic E-state index is 0.128. The van der Waals surface area contributed by atoms with Gasteiger partial charge in [-0.3, -0.25) is 4.79 Å². The predicted molar refractivity (Wildman–Crippen MR) is 100 cm³/mol. The average molecular weight is 349 g/mol. The first kappa shape index (κ1) is 17.6. The molecule has 1 atom stereocenters. The van der Waals surface area contributed by atoms with Gasteiger partial charge in [0.25, 0.3) is 0 Å². The van der Waals surface area contributed by atoms with Gasteiger partial charge in [0.05, 0.1) is 11.7 Å². The largest absolute Gasteiger partial charge is 0.335 e. The number of nitrogens with zero attached hydrogens (tertiary/aromatic N) is 3. The van der Waals surface area contributed by atoms with Crippen LogP contribution in [0.3, 0.4) is 0 Å². The van der Waals surface area contributed by atoms with Gasteiger partial charge in [-0.05, 0) is 42.8 Å². The van der Waals surface area contributed by atoms with Crippen LogP contribution in [0.5, 0.6) is 0 Å². The van der Waals surface area contributed by atoms with Crippen molar-refractivity contribution in [1.82, 2.24) is 14.7 Å². The number of aromatic nitrogens is 2. The molecule has 4 nitrogen and oxygen atoms in total. The van der Waals surface area contributed by atoms with Crippen molar-refractivity contribution >= 4 is 12.0 Å². The molecule has 0 fully saturated rings. The van der Waals surface area contributed by atoms with E-state index in [1.165, 1.54) is 12.1 Å². The summed E-state index contributed by atoms with van der Waals surface area (Å²) in [6.07, 6.45) is 6.90. The van der Waals surface area contributed by atoms with Crippen molar-refractivity contribution in [2.45, 2.75) is 13.0 Å². The van der Waals surface area contributed by atoms with E-state index in [9.17, 15) is 9.18 Å². The highest BCUT2D eigenvalue weighted by molar-refractivity contribution is 5.92. The molecule has 132 valence electrons. The molecule has 2 aromatic carbocycles. The van der Waals surface area contributed by atoms with E-state index < -0.39 is 0 Å². The van der Waals surface area contributed by atoms with E-state index in [-0.39, 0.29) is 17.8 Å². The molecule has 3 rings (SSSR count). The van der Waals surface area contributed by atoms with Gasteiger partial charge in [0, 0.05) is 31.1 Å². The van der Waals surface area contributed by atoms with Gasteiger partial charge in [-0.1, -0.05) is 30.3 Å². The molecule has 0 aliphatic carbocycles. The lowest BCUT2D eigenvalue weighted by Crippen LogP contribution is -2.27. The summed E-state index contributed by atoms with van der Waals surface area (Å²) in [6, 6.07) is 15.6. The molecule has 1 amide bonds. The molecule has 0 saturated heterocycles. The summed E-state index contributed by atoms with van der Waals surface area (Å²) in [7, 11) is 1.74. The Labute approximate surface area is 152 Å². The first-order valence-electron chi connectivity index (χ1n) is 8.35. The SMILES string of the molecule is CC(c1ccc(F)cc1)N(C)C(=O)C=Cc1ccccc1-n1cccn1. The summed E-state index contributed by atoms with van der Waals surface area (Å²) in [5.41, 5.74) is 2.68. The molecule has 5 heteroatoms. The number of amides is 1. The molecular formula is C21H20FN3O. The summed E-state index contributed by atoms with van der Waals surface area (Å²) in [4.78, 5) is 14.2. The number of para-hydroxylation sites is 1. The van der Waals surface area contributed by atoms with Gasteiger partial charge in [-0.15, -0.1) is 0 Å². The summed E-state index contributed by atoms with van der Waals surface area (Å²) in [6.45, 7) is 1.91. The third-order valence-corrected chi connectivity index (χ3v) is 4.37. The van der Waals surface area contributed by atoms with Crippen molar-refractivity contribution in [3.63, 3.8) is 0 Å². The van der Waals surface area contributed by atoms with Crippen molar-refractivity contribution in [3.8, 4) is 5.69 Å². The number of hydrogen-bond acceptors (Lipinski definition) is 2.